The van der Waals surface area contributed by atoms with Crippen LogP contribution < -0.4 is 10.5 Å². The highest BCUT2D eigenvalue weighted by Gasteiger charge is 2.42. The molecule has 5 heteroatoms. The molecule has 20 heavy (non-hydrogen) atoms. The summed E-state index contributed by atoms with van der Waals surface area (Å²) in [5.41, 5.74) is 6.85. The predicted molar refractivity (Wildman–Crippen MR) is 80.8 cm³/mol. The van der Waals surface area contributed by atoms with Crippen molar-refractivity contribution in [3.05, 3.63) is 29.8 Å². The smallest absolute Gasteiger partial charge is 0.240 e. The summed E-state index contributed by atoms with van der Waals surface area (Å²) in [7, 11) is -3.43. The molecule has 2 rings (SSSR count). The first-order valence-corrected chi connectivity index (χ1v) is 8.72. The zero-order chi connectivity index (χ0) is 14.8. The number of hydrogen-bond acceptors (Lipinski definition) is 3. The van der Waals surface area contributed by atoms with Gasteiger partial charge in [0.1, 0.15) is 0 Å². The highest BCUT2D eigenvalue weighted by atomic mass is 32.2. The minimum Gasteiger partial charge on any atom is -0.324 e. The molecule has 0 aliphatic heterocycles. The Bertz CT molecular complexity index is 563. The van der Waals surface area contributed by atoms with Crippen LogP contribution in [0.2, 0.25) is 0 Å². The molecule has 3 N–H and O–H groups in total. The highest BCUT2D eigenvalue weighted by Crippen LogP contribution is 2.49. The molecular formula is C15H24N2O2S. The maximum absolute atomic E-state index is 12.3. The Morgan fingerprint density at radius 2 is 2.10 bits per heavy atom. The van der Waals surface area contributed by atoms with Gasteiger partial charge in [-0.3, -0.25) is 0 Å². The van der Waals surface area contributed by atoms with E-state index in [2.05, 4.69) is 11.6 Å². The fraction of sp³-hybridized carbons (Fsp3) is 0.600. The average Bonchev–Trinajstić information content (AvgIpc) is 3.18. The van der Waals surface area contributed by atoms with Crippen LogP contribution in [0.15, 0.2) is 29.2 Å². The van der Waals surface area contributed by atoms with E-state index in [1.165, 1.54) is 0 Å². The summed E-state index contributed by atoms with van der Waals surface area (Å²) < 4.78 is 27.4. The topological polar surface area (TPSA) is 72.2 Å². The normalized spacial score (nSPS) is 18.8. The summed E-state index contributed by atoms with van der Waals surface area (Å²) in [4.78, 5) is 0.305. The van der Waals surface area contributed by atoms with Gasteiger partial charge in [0.05, 0.1) is 4.90 Å². The van der Waals surface area contributed by atoms with E-state index in [1.807, 2.05) is 13.0 Å². The Kier molecular flexibility index (Phi) is 4.52. The van der Waals surface area contributed by atoms with E-state index in [0.29, 0.717) is 11.4 Å². The summed E-state index contributed by atoms with van der Waals surface area (Å²) >= 11 is 0. The van der Waals surface area contributed by atoms with Crippen LogP contribution in [0.1, 0.15) is 51.1 Å². The van der Waals surface area contributed by atoms with Gasteiger partial charge in [0.15, 0.2) is 0 Å². The fourth-order valence-electron chi connectivity index (χ4n) is 2.52. The Morgan fingerprint density at radius 3 is 2.65 bits per heavy atom. The van der Waals surface area contributed by atoms with Crippen LogP contribution in [-0.2, 0) is 10.0 Å². The molecule has 0 spiro atoms. The predicted octanol–water partition coefficient (Wildman–Crippen LogP) is 2.56. The van der Waals surface area contributed by atoms with Crippen molar-refractivity contribution in [1.29, 1.82) is 0 Å². The lowest BCUT2D eigenvalue weighted by Gasteiger charge is -2.15. The number of nitrogens with two attached hydrogens (primary N) is 1. The fourth-order valence-corrected chi connectivity index (χ4v) is 3.73. The molecule has 1 aliphatic carbocycles. The third-order valence-electron chi connectivity index (χ3n) is 4.07. The molecule has 0 saturated heterocycles. The van der Waals surface area contributed by atoms with Gasteiger partial charge in [-0.05, 0) is 49.3 Å². The van der Waals surface area contributed by atoms with Crippen molar-refractivity contribution in [3.8, 4) is 0 Å². The quantitative estimate of drug-likeness (QED) is 0.812. The molecule has 4 nitrogen and oxygen atoms in total. The molecule has 1 aliphatic rings. The lowest BCUT2D eigenvalue weighted by molar-refractivity contribution is 0.449. The summed E-state index contributed by atoms with van der Waals surface area (Å²) in [5, 5.41) is 0. The van der Waals surface area contributed by atoms with Gasteiger partial charge >= 0.3 is 0 Å². The molecule has 1 aromatic rings. The Hall–Kier alpha value is -0.910. The number of rotatable bonds is 7. The molecule has 112 valence electrons. The van der Waals surface area contributed by atoms with E-state index in [9.17, 15) is 8.42 Å². The molecule has 1 atom stereocenters. The highest BCUT2D eigenvalue weighted by molar-refractivity contribution is 7.89. The van der Waals surface area contributed by atoms with Gasteiger partial charge in [-0.15, -0.1) is 0 Å². The SMILES string of the molecule is CCCC1(CNS(=O)(=O)c2cccc(C(C)N)c2)CC1. The lowest BCUT2D eigenvalue weighted by Crippen LogP contribution is -2.30. The summed E-state index contributed by atoms with van der Waals surface area (Å²) in [6.07, 6.45) is 4.45. The van der Waals surface area contributed by atoms with Gasteiger partial charge < -0.3 is 5.73 Å². The Morgan fingerprint density at radius 1 is 1.40 bits per heavy atom. The second-order valence-corrected chi connectivity index (χ2v) is 7.70. The molecule has 1 unspecified atom stereocenters. The van der Waals surface area contributed by atoms with Gasteiger partial charge in [-0.2, -0.15) is 0 Å². The second-order valence-electron chi connectivity index (χ2n) is 5.94. The standard InChI is InChI=1S/C15H24N2O2S/c1-3-7-15(8-9-15)11-17-20(18,19)14-6-4-5-13(10-14)12(2)16/h4-6,10,12,17H,3,7-9,11,16H2,1-2H3. The molecule has 1 fully saturated rings. The monoisotopic (exact) mass is 296 g/mol. The molecule has 0 aromatic heterocycles. The number of benzene rings is 1. The van der Waals surface area contributed by atoms with Crippen molar-refractivity contribution in [2.24, 2.45) is 11.1 Å². The van der Waals surface area contributed by atoms with Gasteiger partial charge in [-0.25, -0.2) is 13.1 Å². The van der Waals surface area contributed by atoms with Crippen molar-refractivity contribution < 1.29 is 8.42 Å². The maximum atomic E-state index is 12.3. The van der Waals surface area contributed by atoms with Gasteiger partial charge in [0.2, 0.25) is 10.0 Å². The number of nitrogens with one attached hydrogen (secondary N) is 1. The van der Waals surface area contributed by atoms with Crippen LogP contribution >= 0.6 is 0 Å². The lowest BCUT2D eigenvalue weighted by atomic mass is 10.0. The minimum atomic E-state index is -3.43. The van der Waals surface area contributed by atoms with Gasteiger partial charge in [0.25, 0.3) is 0 Å². The first-order chi connectivity index (χ1) is 9.38. The van der Waals surface area contributed by atoms with Crippen LogP contribution in [0.4, 0.5) is 0 Å². The van der Waals surface area contributed by atoms with Gasteiger partial charge in [-0.1, -0.05) is 25.5 Å². The first-order valence-electron chi connectivity index (χ1n) is 7.24. The van der Waals surface area contributed by atoms with E-state index in [1.54, 1.807) is 18.2 Å². The maximum Gasteiger partial charge on any atom is 0.240 e. The first kappa shape index (κ1) is 15.5. The van der Waals surface area contributed by atoms with E-state index < -0.39 is 10.0 Å². The molecule has 0 radical (unpaired) electrons. The molecule has 0 heterocycles. The molecular weight excluding hydrogens is 272 g/mol. The van der Waals surface area contributed by atoms with Crippen LogP contribution in [0.5, 0.6) is 0 Å². The zero-order valence-corrected chi connectivity index (χ0v) is 13.0. The van der Waals surface area contributed by atoms with Crippen molar-refractivity contribution in [2.75, 3.05) is 6.54 Å². The van der Waals surface area contributed by atoms with E-state index in [0.717, 1.165) is 31.2 Å². The van der Waals surface area contributed by atoms with Crippen molar-refractivity contribution in [1.82, 2.24) is 4.72 Å². The summed E-state index contributed by atoms with van der Waals surface area (Å²) in [5.74, 6) is 0. The zero-order valence-electron chi connectivity index (χ0n) is 12.2. The number of sulfonamides is 1. The van der Waals surface area contributed by atoms with E-state index in [-0.39, 0.29) is 11.5 Å². The second kappa shape index (κ2) is 5.84. The van der Waals surface area contributed by atoms with Crippen molar-refractivity contribution in [2.45, 2.75) is 50.5 Å². The number of hydrogen-bond donors (Lipinski definition) is 2. The molecule has 1 aromatic carbocycles. The Labute approximate surface area is 121 Å². The van der Waals surface area contributed by atoms with Crippen molar-refractivity contribution >= 4 is 10.0 Å². The molecule has 0 bridgehead atoms. The van der Waals surface area contributed by atoms with Crippen LogP contribution in [0.3, 0.4) is 0 Å². The molecule has 1 saturated carbocycles. The van der Waals surface area contributed by atoms with Crippen LogP contribution in [0.25, 0.3) is 0 Å². The van der Waals surface area contributed by atoms with Gasteiger partial charge in [0, 0.05) is 12.6 Å². The summed E-state index contributed by atoms with van der Waals surface area (Å²) in [6.45, 7) is 4.53. The average molecular weight is 296 g/mol. The van der Waals surface area contributed by atoms with Crippen LogP contribution in [-0.4, -0.2) is 15.0 Å². The van der Waals surface area contributed by atoms with Crippen LogP contribution in [0, 0.1) is 5.41 Å². The Balaban J connectivity index is 2.08. The van der Waals surface area contributed by atoms with E-state index >= 15 is 0 Å². The third-order valence-corrected chi connectivity index (χ3v) is 5.47. The largest absolute Gasteiger partial charge is 0.324 e. The van der Waals surface area contributed by atoms with Crippen molar-refractivity contribution in [3.63, 3.8) is 0 Å². The summed E-state index contributed by atoms with van der Waals surface area (Å²) in [6, 6.07) is 6.70. The third kappa shape index (κ3) is 3.59. The van der Waals surface area contributed by atoms with E-state index in [4.69, 9.17) is 5.73 Å². The minimum absolute atomic E-state index is 0.167. The molecule has 0 amide bonds.